The molecule has 0 atom stereocenters. The molecule has 1 amide bonds. The number of amides is 1. The van der Waals surface area contributed by atoms with Gasteiger partial charge < -0.3 is 5.32 Å². The van der Waals surface area contributed by atoms with E-state index in [2.05, 4.69) is 5.32 Å². The first-order valence-corrected chi connectivity index (χ1v) is 5.91. The van der Waals surface area contributed by atoms with Gasteiger partial charge in [0.1, 0.15) is 0 Å². The number of hydrogen-bond acceptors (Lipinski definition) is 2. The maximum absolute atomic E-state index is 11.5. The molecular weight excluding hydrogens is 182 g/mol. The summed E-state index contributed by atoms with van der Waals surface area (Å²) < 4.78 is 0. The van der Waals surface area contributed by atoms with Crippen molar-refractivity contribution in [3.05, 3.63) is 11.6 Å². The average Bonchev–Trinajstić information content (AvgIpc) is 2.18. The summed E-state index contributed by atoms with van der Waals surface area (Å²) in [6, 6.07) is 0.406. The SMILES string of the molecule is CC=C(C)C(=O)NC1CCSCC1. The molecular formula is C10H17NOS. The highest BCUT2D eigenvalue weighted by molar-refractivity contribution is 7.99. The molecule has 1 saturated heterocycles. The topological polar surface area (TPSA) is 29.1 Å². The van der Waals surface area contributed by atoms with Gasteiger partial charge in [-0.15, -0.1) is 0 Å². The second-order valence-electron chi connectivity index (χ2n) is 3.33. The first-order chi connectivity index (χ1) is 6.24. The van der Waals surface area contributed by atoms with Gasteiger partial charge in [0.05, 0.1) is 0 Å². The Morgan fingerprint density at radius 2 is 2.08 bits per heavy atom. The van der Waals surface area contributed by atoms with Crippen molar-refractivity contribution >= 4 is 17.7 Å². The van der Waals surface area contributed by atoms with E-state index >= 15 is 0 Å². The zero-order valence-corrected chi connectivity index (χ0v) is 9.12. The quantitative estimate of drug-likeness (QED) is 0.689. The summed E-state index contributed by atoms with van der Waals surface area (Å²) in [6.45, 7) is 3.75. The summed E-state index contributed by atoms with van der Waals surface area (Å²) in [5.41, 5.74) is 0.818. The fourth-order valence-electron chi connectivity index (χ4n) is 1.27. The average molecular weight is 199 g/mol. The molecule has 0 bridgehead atoms. The van der Waals surface area contributed by atoms with Crippen LogP contribution >= 0.6 is 11.8 Å². The Morgan fingerprint density at radius 3 is 2.62 bits per heavy atom. The smallest absolute Gasteiger partial charge is 0.246 e. The molecule has 1 aliphatic rings. The zero-order valence-electron chi connectivity index (χ0n) is 8.30. The number of carbonyl (C=O) groups excluding carboxylic acids is 1. The van der Waals surface area contributed by atoms with Gasteiger partial charge in [0.2, 0.25) is 5.91 Å². The summed E-state index contributed by atoms with van der Waals surface area (Å²) in [6.07, 6.45) is 4.09. The van der Waals surface area contributed by atoms with E-state index in [0.717, 1.165) is 18.4 Å². The molecule has 0 aromatic rings. The van der Waals surface area contributed by atoms with Crippen LogP contribution in [0.2, 0.25) is 0 Å². The van der Waals surface area contributed by atoms with Gasteiger partial charge >= 0.3 is 0 Å². The molecule has 1 rings (SSSR count). The van der Waals surface area contributed by atoms with Gasteiger partial charge in [-0.2, -0.15) is 11.8 Å². The molecule has 2 nitrogen and oxygen atoms in total. The molecule has 1 aliphatic heterocycles. The lowest BCUT2D eigenvalue weighted by atomic mass is 10.1. The summed E-state index contributed by atoms with van der Waals surface area (Å²) in [4.78, 5) is 11.5. The van der Waals surface area contributed by atoms with Crippen molar-refractivity contribution in [1.82, 2.24) is 5.32 Å². The van der Waals surface area contributed by atoms with Gasteiger partial charge in [0, 0.05) is 11.6 Å². The van der Waals surface area contributed by atoms with Crippen LogP contribution in [0, 0.1) is 0 Å². The van der Waals surface area contributed by atoms with Crippen molar-refractivity contribution in [2.45, 2.75) is 32.7 Å². The number of thioether (sulfide) groups is 1. The van der Waals surface area contributed by atoms with Gasteiger partial charge in [-0.1, -0.05) is 6.08 Å². The number of rotatable bonds is 2. The normalized spacial score (nSPS) is 20.0. The molecule has 0 aromatic heterocycles. The summed E-state index contributed by atoms with van der Waals surface area (Å²) in [5.74, 6) is 2.46. The van der Waals surface area contributed by atoms with Crippen LogP contribution in [0.25, 0.3) is 0 Å². The van der Waals surface area contributed by atoms with Crippen molar-refractivity contribution in [1.29, 1.82) is 0 Å². The Labute approximate surface area is 84.2 Å². The minimum atomic E-state index is 0.0967. The van der Waals surface area contributed by atoms with E-state index in [0.29, 0.717) is 6.04 Å². The number of hydrogen-bond donors (Lipinski definition) is 1. The maximum atomic E-state index is 11.5. The second kappa shape index (κ2) is 5.32. The van der Waals surface area contributed by atoms with Crippen LogP contribution in [0.15, 0.2) is 11.6 Å². The standard InChI is InChI=1S/C10H17NOS/c1-3-8(2)10(12)11-9-4-6-13-7-5-9/h3,9H,4-7H2,1-2H3,(H,11,12). The molecule has 0 aromatic carbocycles. The van der Waals surface area contributed by atoms with Gasteiger partial charge in [-0.05, 0) is 38.2 Å². The molecule has 0 unspecified atom stereocenters. The van der Waals surface area contributed by atoms with Crippen LogP contribution in [0.4, 0.5) is 0 Å². The molecule has 0 radical (unpaired) electrons. The highest BCUT2D eigenvalue weighted by Crippen LogP contribution is 2.17. The molecule has 13 heavy (non-hydrogen) atoms. The fourth-order valence-corrected chi connectivity index (χ4v) is 2.38. The van der Waals surface area contributed by atoms with Crippen molar-refractivity contribution < 1.29 is 4.79 Å². The van der Waals surface area contributed by atoms with Gasteiger partial charge in [0.15, 0.2) is 0 Å². The number of carbonyl (C=O) groups is 1. The van der Waals surface area contributed by atoms with Crippen LogP contribution < -0.4 is 5.32 Å². The van der Waals surface area contributed by atoms with Crippen LogP contribution in [-0.2, 0) is 4.79 Å². The highest BCUT2D eigenvalue weighted by atomic mass is 32.2. The van der Waals surface area contributed by atoms with E-state index in [1.54, 1.807) is 0 Å². The lowest BCUT2D eigenvalue weighted by molar-refractivity contribution is -0.118. The molecule has 0 aliphatic carbocycles. The summed E-state index contributed by atoms with van der Waals surface area (Å²) in [7, 11) is 0. The van der Waals surface area contributed by atoms with Crippen LogP contribution in [0.3, 0.4) is 0 Å². The Morgan fingerprint density at radius 1 is 1.46 bits per heavy atom. The minimum Gasteiger partial charge on any atom is -0.350 e. The van der Waals surface area contributed by atoms with E-state index < -0.39 is 0 Å². The largest absolute Gasteiger partial charge is 0.350 e. The van der Waals surface area contributed by atoms with Crippen molar-refractivity contribution in [2.75, 3.05) is 11.5 Å². The van der Waals surface area contributed by atoms with E-state index in [1.165, 1.54) is 11.5 Å². The third-order valence-corrected chi connectivity index (χ3v) is 3.40. The Bertz CT molecular complexity index is 207. The fraction of sp³-hybridized carbons (Fsp3) is 0.700. The van der Waals surface area contributed by atoms with Gasteiger partial charge in [-0.25, -0.2) is 0 Å². The molecule has 0 saturated carbocycles. The Kier molecular flexibility index (Phi) is 4.36. The van der Waals surface area contributed by atoms with E-state index in [9.17, 15) is 4.79 Å². The highest BCUT2D eigenvalue weighted by Gasteiger charge is 2.15. The van der Waals surface area contributed by atoms with Gasteiger partial charge in [0.25, 0.3) is 0 Å². The lowest BCUT2D eigenvalue weighted by Crippen LogP contribution is -2.37. The summed E-state index contributed by atoms with van der Waals surface area (Å²) in [5, 5.41) is 3.05. The number of allylic oxidation sites excluding steroid dienone is 1. The molecule has 1 heterocycles. The predicted octanol–water partition coefficient (Wildman–Crippen LogP) is 1.96. The third kappa shape index (κ3) is 3.43. The monoisotopic (exact) mass is 199 g/mol. The minimum absolute atomic E-state index is 0.0967. The van der Waals surface area contributed by atoms with Crippen molar-refractivity contribution in [2.24, 2.45) is 0 Å². The van der Waals surface area contributed by atoms with E-state index in [4.69, 9.17) is 0 Å². The maximum Gasteiger partial charge on any atom is 0.246 e. The van der Waals surface area contributed by atoms with Crippen molar-refractivity contribution in [3.63, 3.8) is 0 Å². The first kappa shape index (κ1) is 10.6. The Balaban J connectivity index is 2.34. The van der Waals surface area contributed by atoms with E-state index in [1.807, 2.05) is 31.7 Å². The van der Waals surface area contributed by atoms with Crippen LogP contribution in [0.5, 0.6) is 0 Å². The van der Waals surface area contributed by atoms with E-state index in [-0.39, 0.29) is 5.91 Å². The Hall–Kier alpha value is -0.440. The molecule has 1 fully saturated rings. The molecule has 1 N–H and O–H groups in total. The first-order valence-electron chi connectivity index (χ1n) is 4.75. The van der Waals surface area contributed by atoms with Crippen LogP contribution in [-0.4, -0.2) is 23.5 Å². The van der Waals surface area contributed by atoms with Crippen molar-refractivity contribution in [3.8, 4) is 0 Å². The van der Waals surface area contributed by atoms with Crippen LogP contribution in [0.1, 0.15) is 26.7 Å². The predicted molar refractivity (Wildman–Crippen MR) is 57.9 cm³/mol. The second-order valence-corrected chi connectivity index (χ2v) is 4.56. The number of nitrogens with one attached hydrogen (secondary N) is 1. The third-order valence-electron chi connectivity index (χ3n) is 2.35. The molecule has 74 valence electrons. The molecule has 3 heteroatoms. The lowest BCUT2D eigenvalue weighted by Gasteiger charge is -2.22. The summed E-state index contributed by atoms with van der Waals surface area (Å²) >= 11 is 1.97. The zero-order chi connectivity index (χ0) is 9.68. The van der Waals surface area contributed by atoms with Gasteiger partial charge in [-0.3, -0.25) is 4.79 Å². The molecule has 0 spiro atoms.